The molecule has 7 nitrogen and oxygen atoms in total. The van der Waals surface area contributed by atoms with E-state index >= 15 is 0 Å². The molecule has 4 aromatic rings. The molecule has 0 saturated carbocycles. The van der Waals surface area contributed by atoms with E-state index in [0.717, 1.165) is 11.3 Å². The Labute approximate surface area is 167 Å². The number of nitrogens with one attached hydrogen (secondary N) is 1. The van der Waals surface area contributed by atoms with Gasteiger partial charge in [0.25, 0.3) is 0 Å². The molecule has 0 aliphatic heterocycles. The normalized spacial score (nSPS) is 11.0. The minimum atomic E-state index is 0.159. The van der Waals surface area contributed by atoms with Gasteiger partial charge in [-0.2, -0.15) is 20.7 Å². The van der Waals surface area contributed by atoms with E-state index in [-0.39, 0.29) is 22.6 Å². The number of para-hydroxylation sites is 1. The topological polar surface area (TPSA) is 120 Å². The van der Waals surface area contributed by atoms with Crippen molar-refractivity contribution in [2.75, 3.05) is 5.73 Å². The van der Waals surface area contributed by atoms with Gasteiger partial charge in [0.2, 0.25) is 0 Å². The summed E-state index contributed by atoms with van der Waals surface area (Å²) in [7, 11) is 0. The summed E-state index contributed by atoms with van der Waals surface area (Å²) in [6.07, 6.45) is 3.28. The van der Waals surface area contributed by atoms with Crippen molar-refractivity contribution in [2.45, 2.75) is 0 Å². The van der Waals surface area contributed by atoms with Crippen LogP contribution in [0.2, 0.25) is 0 Å². The molecule has 138 valence electrons. The molecule has 0 saturated heterocycles. The molecule has 4 rings (SSSR count). The van der Waals surface area contributed by atoms with Crippen molar-refractivity contribution in [3.8, 4) is 29.1 Å². The van der Waals surface area contributed by atoms with Crippen LogP contribution in [0.4, 0.5) is 5.82 Å². The molecule has 0 spiro atoms. The third-order valence-electron chi connectivity index (χ3n) is 4.44. The van der Waals surface area contributed by atoms with Gasteiger partial charge in [0, 0.05) is 11.1 Å². The number of nitriles is 2. The Bertz CT molecular complexity index is 1270. The average molecular weight is 377 g/mol. The number of aromatic nitrogens is 4. The van der Waals surface area contributed by atoms with Gasteiger partial charge in [0.1, 0.15) is 29.2 Å². The Balaban J connectivity index is 1.84. The van der Waals surface area contributed by atoms with E-state index in [2.05, 4.69) is 27.4 Å². The molecule has 0 amide bonds. The quantitative estimate of drug-likeness (QED) is 0.524. The van der Waals surface area contributed by atoms with Crippen LogP contribution >= 0.6 is 0 Å². The number of benzene rings is 2. The van der Waals surface area contributed by atoms with Crippen LogP contribution in [0, 0.1) is 22.7 Å². The largest absolute Gasteiger partial charge is 0.382 e. The predicted octanol–water partition coefficient (Wildman–Crippen LogP) is 3.78. The first kappa shape index (κ1) is 17.8. The molecule has 2 heterocycles. The van der Waals surface area contributed by atoms with Gasteiger partial charge in [-0.3, -0.25) is 5.10 Å². The fraction of sp³-hybridized carbons (Fsp3) is 0. The van der Waals surface area contributed by atoms with Crippen LogP contribution in [-0.2, 0) is 0 Å². The molecule has 0 bridgehead atoms. The summed E-state index contributed by atoms with van der Waals surface area (Å²) in [6.45, 7) is 0. The Morgan fingerprint density at radius 3 is 2.38 bits per heavy atom. The monoisotopic (exact) mass is 377 g/mol. The SMILES string of the molecule is N#C/C(=C/c1cn[nH]c1-c1ccccc1)c1nn(-c2ccccc2)c(N)c1C#N. The summed E-state index contributed by atoms with van der Waals surface area (Å²) < 4.78 is 1.46. The first-order valence-electron chi connectivity index (χ1n) is 8.78. The van der Waals surface area contributed by atoms with Crippen LogP contribution in [0.3, 0.4) is 0 Å². The number of rotatable bonds is 4. The highest BCUT2D eigenvalue weighted by molar-refractivity contribution is 5.93. The van der Waals surface area contributed by atoms with Crippen molar-refractivity contribution in [1.29, 1.82) is 10.5 Å². The molecule has 7 heteroatoms. The number of H-pyrrole nitrogens is 1. The van der Waals surface area contributed by atoms with Gasteiger partial charge in [0.15, 0.2) is 0 Å². The van der Waals surface area contributed by atoms with E-state index in [1.54, 1.807) is 12.3 Å². The lowest BCUT2D eigenvalue weighted by atomic mass is 10.0. The van der Waals surface area contributed by atoms with Crippen LogP contribution in [0.1, 0.15) is 16.8 Å². The Morgan fingerprint density at radius 1 is 1.03 bits per heavy atom. The number of hydrogen-bond donors (Lipinski definition) is 2. The van der Waals surface area contributed by atoms with Crippen LogP contribution in [0.5, 0.6) is 0 Å². The van der Waals surface area contributed by atoms with Crippen molar-refractivity contribution >= 4 is 17.5 Å². The molecule has 0 aliphatic rings. The molecule has 2 aromatic heterocycles. The van der Waals surface area contributed by atoms with Gasteiger partial charge < -0.3 is 5.73 Å². The van der Waals surface area contributed by atoms with Gasteiger partial charge in [-0.15, -0.1) is 0 Å². The molecule has 0 aliphatic carbocycles. The zero-order chi connectivity index (χ0) is 20.2. The summed E-state index contributed by atoms with van der Waals surface area (Å²) in [4.78, 5) is 0. The fourth-order valence-electron chi connectivity index (χ4n) is 3.05. The Morgan fingerprint density at radius 2 is 1.72 bits per heavy atom. The molecule has 29 heavy (non-hydrogen) atoms. The highest BCUT2D eigenvalue weighted by atomic mass is 15.3. The van der Waals surface area contributed by atoms with Crippen molar-refractivity contribution < 1.29 is 0 Å². The lowest BCUT2D eigenvalue weighted by Gasteiger charge is -2.02. The van der Waals surface area contributed by atoms with Crippen molar-refractivity contribution in [3.63, 3.8) is 0 Å². The maximum absolute atomic E-state index is 9.78. The van der Waals surface area contributed by atoms with Crippen molar-refractivity contribution in [2.24, 2.45) is 0 Å². The van der Waals surface area contributed by atoms with Crippen LogP contribution in [0.25, 0.3) is 28.6 Å². The van der Waals surface area contributed by atoms with Crippen molar-refractivity contribution in [1.82, 2.24) is 20.0 Å². The lowest BCUT2D eigenvalue weighted by Crippen LogP contribution is -2.02. The van der Waals surface area contributed by atoms with E-state index in [1.165, 1.54) is 4.68 Å². The molecule has 0 unspecified atom stereocenters. The number of nitrogen functional groups attached to an aromatic ring is 1. The zero-order valence-electron chi connectivity index (χ0n) is 15.2. The first-order chi connectivity index (χ1) is 14.2. The molecule has 0 radical (unpaired) electrons. The summed E-state index contributed by atoms with van der Waals surface area (Å²) >= 11 is 0. The number of anilines is 1. The average Bonchev–Trinajstić information content (AvgIpc) is 3.37. The highest BCUT2D eigenvalue weighted by Crippen LogP contribution is 2.29. The molecular formula is C22H15N7. The van der Waals surface area contributed by atoms with Gasteiger partial charge in [0.05, 0.1) is 23.2 Å². The number of allylic oxidation sites excluding steroid dienone is 1. The third-order valence-corrected chi connectivity index (χ3v) is 4.44. The summed E-state index contributed by atoms with van der Waals surface area (Å²) in [6, 6.07) is 23.1. The molecule has 0 atom stereocenters. The fourth-order valence-corrected chi connectivity index (χ4v) is 3.05. The van der Waals surface area contributed by atoms with Gasteiger partial charge in [-0.25, -0.2) is 4.68 Å². The molecule has 3 N–H and O–H groups in total. The molecular weight excluding hydrogens is 362 g/mol. The van der Waals surface area contributed by atoms with Crippen LogP contribution < -0.4 is 5.73 Å². The second-order valence-electron chi connectivity index (χ2n) is 6.20. The maximum atomic E-state index is 9.78. The minimum Gasteiger partial charge on any atom is -0.382 e. The summed E-state index contributed by atoms with van der Waals surface area (Å²) in [5.41, 5.74) is 9.90. The second kappa shape index (κ2) is 7.55. The van der Waals surface area contributed by atoms with Crippen LogP contribution in [0.15, 0.2) is 66.9 Å². The standard InChI is InChI=1S/C22H15N7/c23-12-16(11-17-14-26-27-20(17)15-7-3-1-4-8-15)21-19(13-24)22(25)29(28-21)18-9-5-2-6-10-18/h1-11,14H,25H2,(H,26,27)/b16-11-. The zero-order valence-corrected chi connectivity index (χ0v) is 15.2. The minimum absolute atomic E-state index is 0.159. The van der Waals surface area contributed by atoms with Crippen LogP contribution in [-0.4, -0.2) is 20.0 Å². The van der Waals surface area contributed by atoms with E-state index < -0.39 is 0 Å². The van der Waals surface area contributed by atoms with Crippen molar-refractivity contribution in [3.05, 3.63) is 83.7 Å². The third kappa shape index (κ3) is 3.25. The van der Waals surface area contributed by atoms with E-state index in [1.807, 2.05) is 60.7 Å². The maximum Gasteiger partial charge on any atom is 0.145 e. The first-order valence-corrected chi connectivity index (χ1v) is 8.78. The number of nitrogens with two attached hydrogens (primary N) is 1. The van der Waals surface area contributed by atoms with Gasteiger partial charge >= 0.3 is 0 Å². The second-order valence-corrected chi connectivity index (χ2v) is 6.20. The highest BCUT2D eigenvalue weighted by Gasteiger charge is 2.20. The molecule has 0 fully saturated rings. The van der Waals surface area contributed by atoms with Gasteiger partial charge in [-0.05, 0) is 18.2 Å². The predicted molar refractivity (Wildman–Crippen MR) is 110 cm³/mol. The van der Waals surface area contributed by atoms with E-state index in [4.69, 9.17) is 5.73 Å². The van der Waals surface area contributed by atoms with E-state index in [9.17, 15) is 10.5 Å². The molecule has 2 aromatic carbocycles. The number of aromatic amines is 1. The smallest absolute Gasteiger partial charge is 0.145 e. The summed E-state index contributed by atoms with van der Waals surface area (Å²) in [5.74, 6) is 0.185. The Kier molecular flexibility index (Phi) is 4.63. The number of nitrogens with zero attached hydrogens (tertiary/aromatic N) is 5. The Hall–Kier alpha value is -4.62. The van der Waals surface area contributed by atoms with Gasteiger partial charge in [-0.1, -0.05) is 48.5 Å². The summed E-state index contributed by atoms with van der Waals surface area (Å²) in [5, 5.41) is 30.9. The van der Waals surface area contributed by atoms with E-state index in [0.29, 0.717) is 11.3 Å². The number of hydrogen-bond acceptors (Lipinski definition) is 5. The lowest BCUT2D eigenvalue weighted by molar-refractivity contribution is 0.885.